The third kappa shape index (κ3) is 2.78. The summed E-state index contributed by atoms with van der Waals surface area (Å²) in [6.07, 6.45) is 0.573. The van der Waals surface area contributed by atoms with E-state index in [1.807, 2.05) is 6.92 Å². The first-order valence-electron chi connectivity index (χ1n) is 6.89. The molecule has 1 aromatic rings. The summed E-state index contributed by atoms with van der Waals surface area (Å²) < 4.78 is 31.4. The van der Waals surface area contributed by atoms with Crippen molar-refractivity contribution >= 4 is 16.1 Å². The standard InChI is InChI=1S/C16H19NO4S/c1-5-6-12(3)15-13(4)21-16(18)17(15)22(19,20)14-9-7-11(2)8-10-14/h5,7-10,13,15H,1,3,6H2,2,4H3/t13-,15-/m1/s1. The predicted octanol–water partition coefficient (Wildman–Crippen LogP) is 3.03. The molecule has 0 N–H and O–H groups in total. The topological polar surface area (TPSA) is 63.7 Å². The van der Waals surface area contributed by atoms with Crippen LogP contribution in [0.1, 0.15) is 18.9 Å². The summed E-state index contributed by atoms with van der Waals surface area (Å²) in [4.78, 5) is 12.1. The van der Waals surface area contributed by atoms with Gasteiger partial charge in [-0.2, -0.15) is 4.31 Å². The van der Waals surface area contributed by atoms with Crippen LogP contribution in [0.2, 0.25) is 0 Å². The van der Waals surface area contributed by atoms with E-state index in [4.69, 9.17) is 4.74 Å². The highest BCUT2D eigenvalue weighted by atomic mass is 32.2. The van der Waals surface area contributed by atoms with Gasteiger partial charge in [0.2, 0.25) is 0 Å². The Morgan fingerprint density at radius 3 is 2.50 bits per heavy atom. The Balaban J connectivity index is 2.46. The zero-order valence-electron chi connectivity index (χ0n) is 12.7. The largest absolute Gasteiger partial charge is 0.443 e. The van der Waals surface area contributed by atoms with Crippen molar-refractivity contribution in [3.8, 4) is 0 Å². The number of amides is 1. The van der Waals surface area contributed by atoms with Gasteiger partial charge >= 0.3 is 6.09 Å². The molecule has 1 aliphatic rings. The molecule has 1 amide bonds. The van der Waals surface area contributed by atoms with E-state index in [9.17, 15) is 13.2 Å². The number of benzene rings is 1. The van der Waals surface area contributed by atoms with Crippen LogP contribution in [0.5, 0.6) is 0 Å². The van der Waals surface area contributed by atoms with Crippen LogP contribution in [-0.4, -0.2) is 31.0 Å². The predicted molar refractivity (Wildman–Crippen MR) is 83.9 cm³/mol. The molecule has 0 aliphatic carbocycles. The van der Waals surface area contributed by atoms with Crippen LogP contribution >= 0.6 is 0 Å². The first-order chi connectivity index (χ1) is 10.3. The highest BCUT2D eigenvalue weighted by Crippen LogP contribution is 2.32. The normalized spacial score (nSPS) is 21.5. The summed E-state index contributed by atoms with van der Waals surface area (Å²) in [5.74, 6) is 0. The lowest BCUT2D eigenvalue weighted by Crippen LogP contribution is -2.41. The van der Waals surface area contributed by atoms with Crippen LogP contribution in [-0.2, 0) is 14.8 Å². The Kier molecular flexibility index (Phi) is 4.42. The average molecular weight is 321 g/mol. The fourth-order valence-corrected chi connectivity index (χ4v) is 4.02. The van der Waals surface area contributed by atoms with Crippen molar-refractivity contribution < 1.29 is 17.9 Å². The van der Waals surface area contributed by atoms with Gasteiger partial charge in [0.1, 0.15) is 12.1 Å². The van der Waals surface area contributed by atoms with Gasteiger partial charge in [-0.3, -0.25) is 0 Å². The van der Waals surface area contributed by atoms with Gasteiger partial charge in [0.25, 0.3) is 10.0 Å². The van der Waals surface area contributed by atoms with Crippen molar-refractivity contribution in [2.75, 3.05) is 0 Å². The zero-order chi connectivity index (χ0) is 16.5. The van der Waals surface area contributed by atoms with Gasteiger partial charge in [-0.15, -0.1) is 6.58 Å². The average Bonchev–Trinajstić information content (AvgIpc) is 2.75. The Hall–Kier alpha value is -2.08. The molecule has 0 aromatic heterocycles. The van der Waals surface area contributed by atoms with E-state index in [2.05, 4.69) is 13.2 Å². The lowest BCUT2D eigenvalue weighted by molar-refractivity contribution is 0.141. The lowest BCUT2D eigenvalue weighted by atomic mass is 10.0. The van der Waals surface area contributed by atoms with E-state index in [1.165, 1.54) is 12.1 Å². The van der Waals surface area contributed by atoms with Gasteiger partial charge in [0.05, 0.1) is 4.90 Å². The summed E-state index contributed by atoms with van der Waals surface area (Å²) in [5.41, 5.74) is 1.51. The van der Waals surface area contributed by atoms with Gasteiger partial charge in [-0.1, -0.05) is 30.4 Å². The van der Waals surface area contributed by atoms with Gasteiger partial charge < -0.3 is 4.74 Å². The number of rotatable bonds is 5. The Morgan fingerprint density at radius 2 is 1.95 bits per heavy atom. The van der Waals surface area contributed by atoms with Crippen molar-refractivity contribution in [1.29, 1.82) is 0 Å². The van der Waals surface area contributed by atoms with E-state index in [1.54, 1.807) is 25.1 Å². The van der Waals surface area contributed by atoms with Crippen LogP contribution in [0.4, 0.5) is 4.79 Å². The van der Waals surface area contributed by atoms with E-state index in [0.717, 1.165) is 9.87 Å². The number of nitrogens with zero attached hydrogens (tertiary/aromatic N) is 1. The molecule has 2 rings (SSSR count). The minimum Gasteiger partial charge on any atom is -0.443 e. The molecular formula is C16H19NO4S. The van der Waals surface area contributed by atoms with Gasteiger partial charge in [0.15, 0.2) is 0 Å². The fourth-order valence-electron chi connectivity index (χ4n) is 2.45. The third-order valence-electron chi connectivity index (χ3n) is 3.57. The number of cyclic esters (lactones) is 1. The SMILES string of the molecule is C=CCC(=C)[C@@H]1[C@@H](C)OC(=O)N1S(=O)(=O)c1ccc(C)cc1. The maximum atomic E-state index is 12.8. The smallest absolute Gasteiger partial charge is 0.424 e. The monoisotopic (exact) mass is 321 g/mol. The molecule has 6 heteroatoms. The van der Waals surface area contributed by atoms with E-state index >= 15 is 0 Å². The number of ether oxygens (including phenoxy) is 1. The van der Waals surface area contributed by atoms with Crippen molar-refractivity contribution in [1.82, 2.24) is 4.31 Å². The molecule has 2 atom stereocenters. The minimum atomic E-state index is -3.99. The van der Waals surface area contributed by atoms with Crippen molar-refractivity contribution in [3.63, 3.8) is 0 Å². The number of carbonyl (C=O) groups excluding carboxylic acids is 1. The molecule has 1 aromatic carbocycles. The number of hydrogen-bond donors (Lipinski definition) is 0. The maximum Gasteiger partial charge on any atom is 0.424 e. The second-order valence-electron chi connectivity index (χ2n) is 5.30. The molecular weight excluding hydrogens is 302 g/mol. The van der Waals surface area contributed by atoms with Crippen LogP contribution in [0.3, 0.4) is 0 Å². The number of hydrogen-bond acceptors (Lipinski definition) is 4. The number of carbonyl (C=O) groups is 1. The molecule has 0 bridgehead atoms. The molecule has 1 saturated heterocycles. The molecule has 1 fully saturated rings. The van der Waals surface area contributed by atoms with E-state index in [0.29, 0.717) is 12.0 Å². The Morgan fingerprint density at radius 1 is 1.36 bits per heavy atom. The molecule has 118 valence electrons. The third-order valence-corrected chi connectivity index (χ3v) is 5.33. The first kappa shape index (κ1) is 16.3. The zero-order valence-corrected chi connectivity index (χ0v) is 13.5. The number of allylic oxidation sites excluding steroid dienone is 1. The molecule has 1 aliphatic heterocycles. The summed E-state index contributed by atoms with van der Waals surface area (Å²) in [6, 6.07) is 5.61. The Bertz CT molecular complexity index is 706. The highest BCUT2D eigenvalue weighted by molar-refractivity contribution is 7.89. The van der Waals surface area contributed by atoms with Crippen molar-refractivity contribution in [2.24, 2.45) is 0 Å². The molecule has 0 spiro atoms. The molecule has 0 unspecified atom stereocenters. The van der Waals surface area contributed by atoms with Crippen molar-refractivity contribution in [2.45, 2.75) is 37.3 Å². The van der Waals surface area contributed by atoms with Crippen LogP contribution in [0.15, 0.2) is 54.0 Å². The summed E-state index contributed by atoms with van der Waals surface area (Å²) >= 11 is 0. The second kappa shape index (κ2) is 5.96. The Labute approximate surface area is 130 Å². The highest BCUT2D eigenvalue weighted by Gasteiger charge is 2.47. The van der Waals surface area contributed by atoms with Crippen LogP contribution in [0.25, 0.3) is 0 Å². The van der Waals surface area contributed by atoms with Crippen molar-refractivity contribution in [3.05, 3.63) is 54.6 Å². The van der Waals surface area contributed by atoms with Crippen LogP contribution < -0.4 is 0 Å². The summed E-state index contributed by atoms with van der Waals surface area (Å²) in [6.45, 7) is 11.0. The van der Waals surface area contributed by atoms with Crippen LogP contribution in [0, 0.1) is 6.92 Å². The second-order valence-corrected chi connectivity index (χ2v) is 7.11. The fraction of sp³-hybridized carbons (Fsp3) is 0.312. The van der Waals surface area contributed by atoms with E-state index in [-0.39, 0.29) is 4.90 Å². The molecule has 5 nitrogen and oxygen atoms in total. The molecule has 0 radical (unpaired) electrons. The summed E-state index contributed by atoms with van der Waals surface area (Å²) in [5, 5.41) is 0. The number of sulfonamides is 1. The molecule has 0 saturated carbocycles. The quantitative estimate of drug-likeness (QED) is 0.782. The van der Waals surface area contributed by atoms with Gasteiger partial charge in [-0.05, 0) is 38.0 Å². The van der Waals surface area contributed by atoms with Gasteiger partial charge in [-0.25, -0.2) is 13.2 Å². The van der Waals surface area contributed by atoms with E-state index < -0.39 is 28.3 Å². The molecule has 22 heavy (non-hydrogen) atoms. The lowest BCUT2D eigenvalue weighted by Gasteiger charge is -2.24. The first-order valence-corrected chi connectivity index (χ1v) is 8.33. The summed E-state index contributed by atoms with van der Waals surface area (Å²) in [7, 11) is -3.99. The molecule has 1 heterocycles. The maximum absolute atomic E-state index is 12.8. The number of aryl methyl sites for hydroxylation is 1. The minimum absolute atomic E-state index is 0.0561. The van der Waals surface area contributed by atoms with Gasteiger partial charge in [0, 0.05) is 0 Å².